The number of allylic oxidation sites excluding steroid dienone is 1. The van der Waals surface area contributed by atoms with Gasteiger partial charge in [0.05, 0.1) is 18.8 Å². The molecule has 1 aliphatic carbocycles. The molecule has 0 spiro atoms. The molecule has 2 unspecified atom stereocenters. The molecule has 2 atom stereocenters. The van der Waals surface area contributed by atoms with Crippen LogP contribution in [0.5, 0.6) is 0 Å². The number of furan rings is 1. The van der Waals surface area contributed by atoms with Crippen LogP contribution >= 0.6 is 0 Å². The molecule has 2 rings (SSSR count). The summed E-state index contributed by atoms with van der Waals surface area (Å²) in [5, 5.41) is 0. The number of ether oxygens (including phenoxy) is 1. The molecule has 0 fully saturated rings. The molecule has 1 aliphatic rings. The first-order chi connectivity index (χ1) is 8.22. The molecule has 0 radical (unpaired) electrons. The number of ketones is 1. The Morgan fingerprint density at radius 1 is 1.59 bits per heavy atom. The fraction of sp³-hybridized carbons (Fsp3) is 0.385. The van der Waals surface area contributed by atoms with Gasteiger partial charge in [-0.05, 0) is 25.1 Å². The molecule has 1 aromatic heterocycles. The summed E-state index contributed by atoms with van der Waals surface area (Å²) in [6, 6.07) is 3.53. The highest BCUT2D eigenvalue weighted by atomic mass is 16.5. The quantitative estimate of drug-likeness (QED) is 0.751. The summed E-state index contributed by atoms with van der Waals surface area (Å²) >= 11 is 0. The Bertz CT molecular complexity index is 430. The van der Waals surface area contributed by atoms with Crippen LogP contribution < -0.4 is 0 Å². The number of rotatable bonds is 3. The highest BCUT2D eigenvalue weighted by molar-refractivity contribution is 5.93. The van der Waals surface area contributed by atoms with Crippen LogP contribution in [0.1, 0.15) is 25.0 Å². The molecule has 1 heterocycles. The van der Waals surface area contributed by atoms with Crippen LogP contribution in [0.25, 0.3) is 0 Å². The minimum Gasteiger partial charge on any atom is -0.469 e. The van der Waals surface area contributed by atoms with Crippen LogP contribution in [0, 0.1) is 5.92 Å². The van der Waals surface area contributed by atoms with E-state index in [1.807, 2.05) is 0 Å². The molecule has 1 aromatic rings. The number of carbonyl (C=O) groups is 2. The van der Waals surface area contributed by atoms with Crippen molar-refractivity contribution in [2.45, 2.75) is 19.3 Å². The zero-order chi connectivity index (χ0) is 12.3. The summed E-state index contributed by atoms with van der Waals surface area (Å²) in [5.74, 6) is -0.328. The van der Waals surface area contributed by atoms with E-state index in [0.29, 0.717) is 12.4 Å². The average molecular weight is 234 g/mol. The van der Waals surface area contributed by atoms with Crippen molar-refractivity contribution in [1.29, 1.82) is 0 Å². The van der Waals surface area contributed by atoms with E-state index in [0.717, 1.165) is 0 Å². The third kappa shape index (κ3) is 2.46. The second-order valence-corrected chi connectivity index (χ2v) is 3.93. The summed E-state index contributed by atoms with van der Waals surface area (Å²) in [6.45, 7) is 2.10. The number of hydrogen-bond donors (Lipinski definition) is 0. The summed E-state index contributed by atoms with van der Waals surface area (Å²) in [4.78, 5) is 23.2. The Kier molecular flexibility index (Phi) is 3.42. The lowest BCUT2D eigenvalue weighted by molar-refractivity contribution is -0.147. The Morgan fingerprint density at radius 3 is 3.06 bits per heavy atom. The molecule has 4 nitrogen and oxygen atoms in total. The Balaban J connectivity index is 2.24. The maximum atomic E-state index is 11.8. The fourth-order valence-electron chi connectivity index (χ4n) is 2.02. The van der Waals surface area contributed by atoms with Crippen molar-refractivity contribution >= 4 is 11.8 Å². The molecule has 17 heavy (non-hydrogen) atoms. The lowest BCUT2D eigenvalue weighted by Crippen LogP contribution is -2.27. The van der Waals surface area contributed by atoms with Crippen LogP contribution in [-0.2, 0) is 14.3 Å². The molecular formula is C13H14O4. The van der Waals surface area contributed by atoms with Crippen molar-refractivity contribution in [3.8, 4) is 0 Å². The van der Waals surface area contributed by atoms with Crippen molar-refractivity contribution < 1.29 is 18.7 Å². The standard InChI is InChI=1S/C13H14O4/c1-2-16-13(15)10-6-5-9(14)8-11(10)12-4-3-7-17-12/h3-7,10-11H,2,8H2,1H3. The Morgan fingerprint density at radius 2 is 2.41 bits per heavy atom. The van der Waals surface area contributed by atoms with E-state index in [-0.39, 0.29) is 24.1 Å². The van der Waals surface area contributed by atoms with Crippen LogP contribution in [-0.4, -0.2) is 18.4 Å². The van der Waals surface area contributed by atoms with E-state index in [1.54, 1.807) is 31.4 Å². The van der Waals surface area contributed by atoms with Gasteiger partial charge in [-0.15, -0.1) is 0 Å². The van der Waals surface area contributed by atoms with Gasteiger partial charge in [-0.2, -0.15) is 0 Å². The van der Waals surface area contributed by atoms with Gasteiger partial charge in [-0.3, -0.25) is 9.59 Å². The minimum absolute atomic E-state index is 0.00643. The smallest absolute Gasteiger partial charge is 0.313 e. The zero-order valence-corrected chi connectivity index (χ0v) is 9.59. The molecule has 0 aliphatic heterocycles. The van der Waals surface area contributed by atoms with E-state index in [2.05, 4.69) is 0 Å². The first-order valence-corrected chi connectivity index (χ1v) is 5.63. The first-order valence-electron chi connectivity index (χ1n) is 5.63. The maximum Gasteiger partial charge on any atom is 0.313 e. The summed E-state index contributed by atoms with van der Waals surface area (Å²) in [5.41, 5.74) is 0. The monoisotopic (exact) mass is 234 g/mol. The third-order valence-electron chi connectivity index (χ3n) is 2.81. The minimum atomic E-state index is -0.432. The second-order valence-electron chi connectivity index (χ2n) is 3.93. The van der Waals surface area contributed by atoms with Crippen LogP contribution in [0.4, 0.5) is 0 Å². The molecule has 0 saturated heterocycles. The predicted molar refractivity (Wildman–Crippen MR) is 60.3 cm³/mol. The van der Waals surface area contributed by atoms with E-state index >= 15 is 0 Å². The topological polar surface area (TPSA) is 56.5 Å². The van der Waals surface area contributed by atoms with Gasteiger partial charge < -0.3 is 9.15 Å². The molecule has 0 saturated carbocycles. The maximum absolute atomic E-state index is 11.8. The molecule has 4 heteroatoms. The Labute approximate surface area is 99.3 Å². The number of esters is 1. The van der Waals surface area contributed by atoms with Gasteiger partial charge in [-0.25, -0.2) is 0 Å². The van der Waals surface area contributed by atoms with Gasteiger partial charge in [0.25, 0.3) is 0 Å². The van der Waals surface area contributed by atoms with E-state index in [1.165, 1.54) is 6.08 Å². The zero-order valence-electron chi connectivity index (χ0n) is 9.59. The van der Waals surface area contributed by atoms with Crippen LogP contribution in [0.15, 0.2) is 35.0 Å². The van der Waals surface area contributed by atoms with Gasteiger partial charge in [0, 0.05) is 12.3 Å². The summed E-state index contributed by atoms with van der Waals surface area (Å²) in [6.07, 6.45) is 4.88. The van der Waals surface area contributed by atoms with Gasteiger partial charge in [0.1, 0.15) is 5.76 Å². The van der Waals surface area contributed by atoms with Gasteiger partial charge in [0.15, 0.2) is 5.78 Å². The molecule has 90 valence electrons. The van der Waals surface area contributed by atoms with E-state index in [9.17, 15) is 9.59 Å². The van der Waals surface area contributed by atoms with Crippen LogP contribution in [0.3, 0.4) is 0 Å². The van der Waals surface area contributed by atoms with E-state index < -0.39 is 5.92 Å². The number of hydrogen-bond acceptors (Lipinski definition) is 4. The van der Waals surface area contributed by atoms with Crippen molar-refractivity contribution in [3.05, 3.63) is 36.3 Å². The van der Waals surface area contributed by atoms with Gasteiger partial charge in [-0.1, -0.05) is 6.08 Å². The average Bonchev–Trinajstić information content (AvgIpc) is 2.82. The van der Waals surface area contributed by atoms with Gasteiger partial charge in [0.2, 0.25) is 0 Å². The lowest BCUT2D eigenvalue weighted by Gasteiger charge is -2.23. The van der Waals surface area contributed by atoms with Crippen molar-refractivity contribution in [1.82, 2.24) is 0 Å². The first kappa shape index (κ1) is 11.6. The molecule has 0 bridgehead atoms. The lowest BCUT2D eigenvalue weighted by atomic mass is 9.82. The molecule has 0 amide bonds. The van der Waals surface area contributed by atoms with Crippen molar-refractivity contribution in [3.63, 3.8) is 0 Å². The largest absolute Gasteiger partial charge is 0.469 e. The molecular weight excluding hydrogens is 220 g/mol. The normalized spacial score (nSPS) is 23.7. The molecule has 0 N–H and O–H groups in total. The second kappa shape index (κ2) is 4.99. The third-order valence-corrected chi connectivity index (χ3v) is 2.81. The highest BCUT2D eigenvalue weighted by Crippen LogP contribution is 2.33. The van der Waals surface area contributed by atoms with Crippen molar-refractivity contribution in [2.24, 2.45) is 5.92 Å². The molecule has 0 aromatic carbocycles. The predicted octanol–water partition coefficient (Wildman–Crippen LogP) is 2.07. The summed E-state index contributed by atoms with van der Waals surface area (Å²) in [7, 11) is 0. The number of carbonyl (C=O) groups excluding carboxylic acids is 2. The fourth-order valence-corrected chi connectivity index (χ4v) is 2.02. The van der Waals surface area contributed by atoms with Gasteiger partial charge >= 0.3 is 5.97 Å². The summed E-state index contributed by atoms with van der Waals surface area (Å²) < 4.78 is 10.3. The highest BCUT2D eigenvalue weighted by Gasteiger charge is 2.34. The van der Waals surface area contributed by atoms with Crippen LogP contribution in [0.2, 0.25) is 0 Å². The van der Waals surface area contributed by atoms with Crippen molar-refractivity contribution in [2.75, 3.05) is 6.61 Å². The Hall–Kier alpha value is -1.84. The SMILES string of the molecule is CCOC(=O)C1C=CC(=O)CC1c1ccco1. The van der Waals surface area contributed by atoms with E-state index in [4.69, 9.17) is 9.15 Å².